The van der Waals surface area contributed by atoms with Crippen LogP contribution in [0.3, 0.4) is 0 Å². The topological polar surface area (TPSA) is 73.9 Å². The summed E-state index contributed by atoms with van der Waals surface area (Å²) >= 11 is 5.98. The van der Waals surface area contributed by atoms with Gasteiger partial charge in [-0.1, -0.05) is 37.3 Å². The van der Waals surface area contributed by atoms with Crippen molar-refractivity contribution in [2.45, 2.75) is 50.5 Å². The summed E-state index contributed by atoms with van der Waals surface area (Å²) in [5.41, 5.74) is -4.38. The van der Waals surface area contributed by atoms with E-state index in [1.807, 2.05) is 11.9 Å². The van der Waals surface area contributed by atoms with Gasteiger partial charge in [0.05, 0.1) is 29.9 Å². The van der Waals surface area contributed by atoms with Gasteiger partial charge in [-0.15, -0.1) is 0 Å². The van der Waals surface area contributed by atoms with E-state index < -0.39 is 66.8 Å². The summed E-state index contributed by atoms with van der Waals surface area (Å²) in [6.45, 7) is 6.44. The number of rotatable bonds is 13. The zero-order chi connectivity index (χ0) is 29.4. The van der Waals surface area contributed by atoms with Crippen LogP contribution in [0.2, 0.25) is 36.8 Å². The minimum absolute atomic E-state index is 0.00284. The third kappa shape index (κ3) is 10.9. The number of phosphoric ester groups is 1. The minimum Gasteiger partial charge on any atom is -0.403 e. The fourth-order valence-corrected chi connectivity index (χ4v) is 6.30. The quantitative estimate of drug-likeness (QED) is 0.106. The van der Waals surface area contributed by atoms with Gasteiger partial charge in [0.15, 0.2) is 0 Å². The number of halogens is 7. The first-order chi connectivity index (χ1) is 18.0. The van der Waals surface area contributed by atoms with Crippen LogP contribution in [0.15, 0.2) is 36.4 Å². The summed E-state index contributed by atoms with van der Waals surface area (Å²) in [4.78, 5) is 13.0. The Morgan fingerprint density at radius 3 is 2.13 bits per heavy atom. The number of amides is 1. The fraction of sp³-hybridized carbons (Fsp3) is 0.435. The molecule has 218 valence electrons. The van der Waals surface area contributed by atoms with Gasteiger partial charge in [-0.3, -0.25) is 13.8 Å². The Kier molecular flexibility index (Phi) is 12.1. The average molecular weight is 636 g/mol. The maximum atomic E-state index is 13.4. The van der Waals surface area contributed by atoms with Crippen molar-refractivity contribution >= 4 is 49.3 Å². The van der Waals surface area contributed by atoms with Gasteiger partial charge >= 0.3 is 20.2 Å². The minimum atomic E-state index is -5.11. The van der Waals surface area contributed by atoms with E-state index in [1.54, 1.807) is 0 Å². The fourth-order valence-electron chi connectivity index (χ4n) is 3.18. The first-order valence-corrected chi connectivity index (χ1v) is 19.4. The second kappa shape index (κ2) is 14.2. The Labute approximate surface area is 231 Å². The van der Waals surface area contributed by atoms with Crippen LogP contribution in [-0.4, -0.2) is 37.4 Å². The lowest BCUT2D eigenvalue weighted by Gasteiger charge is -2.20. The van der Waals surface area contributed by atoms with E-state index in [1.165, 1.54) is 12.1 Å². The number of hydrogen-bond donors (Lipinski definition) is 1. The summed E-state index contributed by atoms with van der Waals surface area (Å²) in [7, 11) is -5.57. The van der Waals surface area contributed by atoms with Gasteiger partial charge in [0.1, 0.15) is 5.75 Å². The number of benzene rings is 2. The molecule has 1 N–H and O–H groups in total. The standard InChI is InChI=1S/C23H29ClF6NO5PSi2/c1-38-9-8-35-37(33,34-7-4-10-39(2)3)36-20-6-5-17(24)14-19(20)21(32)31-18-12-15(22(25,26)27)11-16(13-18)23(28,29)30/h5-6,11-14,39H,4,7-10,38H2,1-3H3,(H,31,32). The summed E-state index contributed by atoms with van der Waals surface area (Å²) in [6, 6.07) is 5.79. The van der Waals surface area contributed by atoms with Gasteiger partial charge < -0.3 is 9.84 Å². The molecule has 0 aliphatic carbocycles. The SMILES string of the molecule is C[SiH2]CCOP(=O)(OCCC[SiH](C)C)Oc1ccc(Cl)cc1C(=O)Nc1cc(C(F)(F)F)cc(C(F)(F)F)c1. The lowest BCUT2D eigenvalue weighted by atomic mass is 10.1. The van der Waals surface area contributed by atoms with Crippen molar-refractivity contribution < 1.29 is 49.3 Å². The van der Waals surface area contributed by atoms with Crippen LogP contribution >= 0.6 is 19.4 Å². The summed E-state index contributed by atoms with van der Waals surface area (Å²) in [5.74, 6) is -1.49. The average Bonchev–Trinajstić information content (AvgIpc) is 2.82. The van der Waals surface area contributed by atoms with Crippen LogP contribution in [0, 0.1) is 0 Å². The second-order valence-corrected chi connectivity index (χ2v) is 16.1. The molecule has 1 unspecified atom stereocenters. The molecule has 0 saturated carbocycles. The molecule has 0 spiro atoms. The van der Waals surface area contributed by atoms with Crippen LogP contribution in [0.1, 0.15) is 27.9 Å². The number of phosphoric acid groups is 1. The van der Waals surface area contributed by atoms with E-state index >= 15 is 0 Å². The van der Waals surface area contributed by atoms with E-state index in [0.29, 0.717) is 24.6 Å². The Hall–Kier alpha value is -1.84. The molecule has 1 amide bonds. The molecular weight excluding hydrogens is 607 g/mol. The summed E-state index contributed by atoms with van der Waals surface area (Å²) < 4.78 is 109. The normalized spacial score (nSPS) is 14.1. The number of carbonyl (C=O) groups is 1. The van der Waals surface area contributed by atoms with Gasteiger partial charge in [0.25, 0.3) is 5.91 Å². The highest BCUT2D eigenvalue weighted by molar-refractivity contribution is 7.48. The molecule has 0 fully saturated rings. The molecule has 2 aromatic carbocycles. The molecule has 0 aliphatic heterocycles. The lowest BCUT2D eigenvalue weighted by Crippen LogP contribution is -2.17. The molecule has 0 bridgehead atoms. The Morgan fingerprint density at radius 2 is 1.59 bits per heavy atom. The van der Waals surface area contributed by atoms with Crippen LogP contribution < -0.4 is 9.84 Å². The van der Waals surface area contributed by atoms with Crippen molar-refractivity contribution in [2.75, 3.05) is 18.5 Å². The molecule has 39 heavy (non-hydrogen) atoms. The van der Waals surface area contributed by atoms with Crippen molar-refractivity contribution in [1.82, 2.24) is 0 Å². The maximum absolute atomic E-state index is 13.4. The smallest absolute Gasteiger partial charge is 0.403 e. The number of nitrogens with one attached hydrogen (secondary N) is 1. The van der Waals surface area contributed by atoms with Gasteiger partial charge in [-0.05, 0) is 48.9 Å². The lowest BCUT2D eigenvalue weighted by molar-refractivity contribution is -0.143. The van der Waals surface area contributed by atoms with Crippen molar-refractivity contribution in [1.29, 1.82) is 0 Å². The monoisotopic (exact) mass is 635 g/mol. The zero-order valence-corrected chi connectivity index (χ0v) is 25.6. The number of hydrogen-bond acceptors (Lipinski definition) is 5. The number of anilines is 1. The first-order valence-electron chi connectivity index (χ1n) is 12.0. The summed E-state index contributed by atoms with van der Waals surface area (Å²) in [6.07, 6.45) is -9.61. The highest BCUT2D eigenvalue weighted by atomic mass is 35.5. The van der Waals surface area contributed by atoms with E-state index in [4.69, 9.17) is 25.2 Å². The third-order valence-electron chi connectivity index (χ3n) is 5.16. The number of alkyl halides is 6. The van der Waals surface area contributed by atoms with Crippen LogP contribution in [0.4, 0.5) is 32.0 Å². The second-order valence-electron chi connectivity index (χ2n) is 8.98. The molecule has 2 rings (SSSR count). The van der Waals surface area contributed by atoms with Crippen molar-refractivity contribution in [3.63, 3.8) is 0 Å². The molecule has 1 atom stereocenters. The zero-order valence-electron chi connectivity index (χ0n) is 21.4. The van der Waals surface area contributed by atoms with Crippen molar-refractivity contribution in [3.8, 4) is 5.75 Å². The van der Waals surface area contributed by atoms with Gasteiger partial charge in [-0.2, -0.15) is 26.3 Å². The van der Waals surface area contributed by atoms with Crippen LogP contribution in [0.25, 0.3) is 0 Å². The Bertz CT molecular complexity index is 1150. The number of carbonyl (C=O) groups excluding carboxylic acids is 1. The first kappa shape index (κ1) is 33.4. The molecule has 2 aromatic rings. The van der Waals surface area contributed by atoms with Gasteiger partial charge in [-0.25, -0.2) is 4.57 Å². The largest absolute Gasteiger partial charge is 0.530 e. The van der Waals surface area contributed by atoms with E-state index in [0.717, 1.165) is 12.1 Å². The predicted molar refractivity (Wildman–Crippen MR) is 144 cm³/mol. The highest BCUT2D eigenvalue weighted by Gasteiger charge is 2.37. The molecule has 6 nitrogen and oxygen atoms in total. The van der Waals surface area contributed by atoms with Crippen LogP contribution in [0.5, 0.6) is 5.75 Å². The van der Waals surface area contributed by atoms with Gasteiger partial charge in [0, 0.05) is 29.0 Å². The molecule has 0 aromatic heterocycles. The third-order valence-corrected chi connectivity index (χ3v) is 9.38. The van der Waals surface area contributed by atoms with E-state index in [9.17, 15) is 35.7 Å². The summed E-state index contributed by atoms with van der Waals surface area (Å²) in [5, 5.41) is 2.02. The molecule has 0 aliphatic rings. The Balaban J connectivity index is 2.39. The molecule has 16 heteroatoms. The molecule has 0 radical (unpaired) electrons. The maximum Gasteiger partial charge on any atom is 0.530 e. The van der Waals surface area contributed by atoms with Crippen molar-refractivity contribution in [2.24, 2.45) is 0 Å². The highest BCUT2D eigenvalue weighted by Crippen LogP contribution is 2.51. The van der Waals surface area contributed by atoms with E-state index in [-0.39, 0.29) is 30.1 Å². The van der Waals surface area contributed by atoms with E-state index in [2.05, 4.69) is 13.1 Å². The van der Waals surface area contributed by atoms with Crippen LogP contribution in [-0.2, 0) is 26.0 Å². The van der Waals surface area contributed by atoms with Crippen molar-refractivity contribution in [3.05, 3.63) is 58.1 Å². The predicted octanol–water partition coefficient (Wildman–Crippen LogP) is 7.66. The molecular formula is C23H29ClF6NO5PSi2. The Morgan fingerprint density at radius 1 is 1.00 bits per heavy atom. The van der Waals surface area contributed by atoms with Gasteiger partial charge in [0.2, 0.25) is 0 Å². The molecule has 0 heterocycles. The molecule has 0 saturated heterocycles.